The molecule has 1 aliphatic heterocycles. The lowest BCUT2D eigenvalue weighted by molar-refractivity contribution is -0.154. The third kappa shape index (κ3) is 27.0. The Morgan fingerprint density at radius 1 is 0.810 bits per heavy atom. The average Bonchev–Trinajstić information content (AvgIpc) is 3.64. The van der Waals surface area contributed by atoms with Gasteiger partial charge in [-0.3, -0.25) is 28.2 Å². The molecule has 18 nitrogen and oxygen atoms in total. The van der Waals surface area contributed by atoms with Crippen molar-refractivity contribution < 1.29 is 51.3 Å². The Kier molecular flexibility index (Phi) is 30.7. The van der Waals surface area contributed by atoms with Crippen molar-refractivity contribution in [1.82, 2.24) is 9.55 Å². The summed E-state index contributed by atoms with van der Waals surface area (Å²) in [6, 6.07) is -0.985. The molecule has 1 saturated heterocycles. The summed E-state index contributed by atoms with van der Waals surface area (Å²) < 4.78 is 58.3. The van der Waals surface area contributed by atoms with E-state index in [1.165, 1.54) is 122 Å². The molecule has 0 amide bonds. The van der Waals surface area contributed by atoms with E-state index < -0.39 is 70.6 Å². The number of hydrogen-bond donors (Lipinski definition) is 3. The number of azide groups is 1. The van der Waals surface area contributed by atoms with Gasteiger partial charge in [0.15, 0.2) is 0 Å². The summed E-state index contributed by atoms with van der Waals surface area (Å²) in [4.78, 5) is 62.7. The van der Waals surface area contributed by atoms with Gasteiger partial charge in [0.05, 0.1) is 32.0 Å². The first kappa shape index (κ1) is 56.8. The summed E-state index contributed by atoms with van der Waals surface area (Å²) in [7, 11) is -10.6. The Balaban J connectivity index is 1.84. The van der Waals surface area contributed by atoms with Crippen LogP contribution in [0.1, 0.15) is 199 Å². The number of phosphoric acid groups is 2. The van der Waals surface area contributed by atoms with E-state index >= 15 is 0 Å². The molecule has 3 N–H and O–H groups in total. The Morgan fingerprint density at radius 2 is 1.30 bits per heavy atom. The van der Waals surface area contributed by atoms with Crippen molar-refractivity contribution >= 4 is 21.6 Å². The van der Waals surface area contributed by atoms with Crippen LogP contribution in [0.15, 0.2) is 20.9 Å². The topological polar surface area (TPSA) is 251 Å². The number of rotatable bonds is 40. The van der Waals surface area contributed by atoms with Crippen molar-refractivity contribution in [1.29, 1.82) is 0 Å². The summed E-state index contributed by atoms with van der Waals surface area (Å²) in [5, 5.41) is 3.61. The van der Waals surface area contributed by atoms with Crippen LogP contribution in [0.4, 0.5) is 0 Å². The number of carbonyl (C=O) groups is 1. The first-order valence-electron chi connectivity index (χ1n) is 23.8. The van der Waals surface area contributed by atoms with E-state index in [0.717, 1.165) is 49.5 Å². The summed E-state index contributed by atoms with van der Waals surface area (Å²) in [6.45, 7) is 4.76. The van der Waals surface area contributed by atoms with Crippen LogP contribution in [-0.2, 0) is 41.5 Å². The van der Waals surface area contributed by atoms with Gasteiger partial charge in [-0.2, -0.15) is 4.31 Å². The predicted molar refractivity (Wildman–Crippen MR) is 242 cm³/mol. The van der Waals surface area contributed by atoms with Gasteiger partial charge in [0.1, 0.15) is 12.3 Å². The molecule has 0 aromatic carbocycles. The van der Waals surface area contributed by atoms with E-state index in [9.17, 15) is 33.3 Å². The molecule has 0 bridgehead atoms. The molecule has 0 saturated carbocycles. The smallest absolute Gasteiger partial charge is 0.457 e. The van der Waals surface area contributed by atoms with Gasteiger partial charge in [-0.05, 0) is 25.3 Å². The zero-order valence-corrected chi connectivity index (χ0v) is 40.2. The molecule has 1 aliphatic rings. The van der Waals surface area contributed by atoms with Crippen molar-refractivity contribution in [3.63, 3.8) is 0 Å². The number of hydrogen-bond acceptors (Lipinski definition) is 12. The van der Waals surface area contributed by atoms with E-state index in [1.807, 2.05) is 0 Å². The van der Waals surface area contributed by atoms with Crippen LogP contribution in [0, 0.1) is 6.92 Å². The van der Waals surface area contributed by atoms with Crippen molar-refractivity contribution in [2.75, 3.05) is 26.4 Å². The van der Waals surface area contributed by atoms with E-state index in [-0.39, 0.29) is 25.0 Å². The number of nitrogens with zero attached hydrogens (tertiary/aromatic N) is 4. The molecule has 1 aromatic rings. The zero-order chi connectivity index (χ0) is 46.2. The molecule has 0 spiro atoms. The number of nitrogens with one attached hydrogen (secondary N) is 1. The van der Waals surface area contributed by atoms with E-state index in [4.69, 9.17) is 28.8 Å². The molecular formula is C43H79N5O13P2. The van der Waals surface area contributed by atoms with Crippen molar-refractivity contribution in [3.05, 3.63) is 43.0 Å². The van der Waals surface area contributed by atoms with Crippen LogP contribution in [0.5, 0.6) is 0 Å². The Bertz CT molecular complexity index is 1660. The van der Waals surface area contributed by atoms with Crippen LogP contribution in [-0.4, -0.2) is 70.0 Å². The number of aromatic amines is 1. The molecule has 63 heavy (non-hydrogen) atoms. The van der Waals surface area contributed by atoms with E-state index in [1.54, 1.807) is 0 Å². The van der Waals surface area contributed by atoms with Crippen LogP contribution in [0.25, 0.3) is 10.4 Å². The standard InChI is InChI=1S/C43H79N5O13P2/c1-4-6-8-10-12-14-16-18-19-21-23-25-27-29-41(49)59-37(33-56-30-28-26-24-22-20-17-15-13-11-9-7-5-2)34-57-62(52,53)61-63(54,55)58-35-39-38(46-47-44)31-40(60-39)48-32-36(3)42(50)45-43(48)51/h32,37-40H,4-31,33-35H2,1-3H3,(H,52,53)(H,54,55)(H,45,50,51)/t37?,38-,39+,40+/m0/s1. The molecule has 0 radical (unpaired) electrons. The minimum absolute atomic E-state index is 0.0531. The maximum atomic E-state index is 12.9. The number of carbonyl (C=O) groups excluding carboxylic acids is 1. The Morgan fingerprint density at radius 3 is 1.83 bits per heavy atom. The second-order valence-corrected chi connectivity index (χ2v) is 19.8. The highest BCUT2D eigenvalue weighted by Gasteiger charge is 2.41. The number of phosphoric ester groups is 2. The monoisotopic (exact) mass is 936 g/mol. The number of aryl methyl sites for hydroxylation is 1. The minimum Gasteiger partial charge on any atom is -0.457 e. The molecule has 1 fully saturated rings. The fraction of sp³-hybridized carbons (Fsp3) is 0.884. The van der Waals surface area contributed by atoms with Crippen molar-refractivity contribution in [2.24, 2.45) is 5.11 Å². The largest absolute Gasteiger partial charge is 0.481 e. The lowest BCUT2D eigenvalue weighted by Gasteiger charge is -2.22. The summed E-state index contributed by atoms with van der Waals surface area (Å²) >= 11 is 0. The van der Waals surface area contributed by atoms with Crippen LogP contribution in [0.2, 0.25) is 0 Å². The molecule has 2 heterocycles. The van der Waals surface area contributed by atoms with Crippen molar-refractivity contribution in [3.8, 4) is 0 Å². The molecule has 0 aliphatic carbocycles. The maximum absolute atomic E-state index is 12.9. The number of unbranched alkanes of at least 4 members (excludes halogenated alkanes) is 23. The van der Waals surface area contributed by atoms with Crippen LogP contribution >= 0.6 is 15.6 Å². The number of ether oxygens (including phenoxy) is 3. The maximum Gasteiger partial charge on any atom is 0.481 e. The Labute approximate surface area is 374 Å². The Hall–Kier alpha value is -2.36. The fourth-order valence-electron chi connectivity index (χ4n) is 7.45. The van der Waals surface area contributed by atoms with Gasteiger partial charge in [-0.15, -0.1) is 0 Å². The molecule has 2 rings (SSSR count). The van der Waals surface area contributed by atoms with Gasteiger partial charge < -0.3 is 24.0 Å². The van der Waals surface area contributed by atoms with Gasteiger partial charge in [0, 0.05) is 36.1 Å². The van der Waals surface area contributed by atoms with Gasteiger partial charge in [-0.1, -0.05) is 167 Å². The number of esters is 1. The highest BCUT2D eigenvalue weighted by Crippen LogP contribution is 2.60. The second kappa shape index (κ2) is 34.0. The molecule has 6 atom stereocenters. The second-order valence-electron chi connectivity index (χ2n) is 16.8. The van der Waals surface area contributed by atoms with E-state index in [2.05, 4.69) is 33.2 Å². The third-order valence-corrected chi connectivity index (χ3v) is 13.7. The number of aromatic nitrogens is 2. The molecule has 20 heteroatoms. The fourth-order valence-corrected chi connectivity index (χ4v) is 9.56. The number of H-pyrrole nitrogens is 1. The lowest BCUT2D eigenvalue weighted by Crippen LogP contribution is -2.33. The normalized spacial score (nSPS) is 18.7. The summed E-state index contributed by atoms with van der Waals surface area (Å²) in [5.41, 5.74) is 7.89. The SMILES string of the molecule is CCCCCCCCCCCCCCCC(=O)OC(COCCCCCCCCCCCCCC)COP(=O)(O)OP(=O)(O)OC[C@H]1O[C@@H](n2cc(C)c(=O)[nH]c2=O)C[C@@H]1N=[N+]=[N-]. The molecular weight excluding hydrogens is 856 g/mol. The third-order valence-electron chi connectivity index (χ3n) is 11.1. The summed E-state index contributed by atoms with van der Waals surface area (Å²) in [6.07, 6.45) is 27.4. The quantitative estimate of drug-likeness (QED) is 0.0138. The lowest BCUT2D eigenvalue weighted by atomic mass is 10.0. The van der Waals surface area contributed by atoms with Crippen LogP contribution < -0.4 is 11.2 Å². The zero-order valence-electron chi connectivity index (χ0n) is 38.4. The molecule has 3 unspecified atom stereocenters. The first-order chi connectivity index (χ1) is 30.3. The van der Waals surface area contributed by atoms with Crippen LogP contribution in [0.3, 0.4) is 0 Å². The molecule has 1 aromatic heterocycles. The van der Waals surface area contributed by atoms with Crippen molar-refractivity contribution in [2.45, 2.75) is 219 Å². The first-order valence-corrected chi connectivity index (χ1v) is 26.7. The molecule has 364 valence electrons. The average molecular weight is 936 g/mol. The van der Waals surface area contributed by atoms with E-state index in [0.29, 0.717) is 13.0 Å². The van der Waals surface area contributed by atoms with Gasteiger partial charge in [0.25, 0.3) is 5.56 Å². The van der Waals surface area contributed by atoms with Gasteiger partial charge >= 0.3 is 27.3 Å². The minimum atomic E-state index is -5.31. The van der Waals surface area contributed by atoms with Gasteiger partial charge in [0.2, 0.25) is 0 Å². The highest BCUT2D eigenvalue weighted by atomic mass is 31.3. The van der Waals surface area contributed by atoms with Gasteiger partial charge in [-0.25, -0.2) is 13.9 Å². The summed E-state index contributed by atoms with van der Waals surface area (Å²) in [5.74, 6) is -0.519. The predicted octanol–water partition coefficient (Wildman–Crippen LogP) is 11.2. The highest BCUT2D eigenvalue weighted by molar-refractivity contribution is 7.61.